The summed E-state index contributed by atoms with van der Waals surface area (Å²) in [5.74, 6) is 1.18. The van der Waals surface area contributed by atoms with Gasteiger partial charge in [0, 0.05) is 27.8 Å². The zero-order valence-electron chi connectivity index (χ0n) is 14.1. The number of ether oxygens (including phenoxy) is 2. The van der Waals surface area contributed by atoms with Crippen LogP contribution in [-0.4, -0.2) is 19.2 Å². The van der Waals surface area contributed by atoms with E-state index in [9.17, 15) is 5.26 Å². The second-order valence-corrected chi connectivity index (χ2v) is 6.27. The van der Waals surface area contributed by atoms with Gasteiger partial charge in [-0.25, -0.2) is 0 Å². The summed E-state index contributed by atoms with van der Waals surface area (Å²) < 4.78 is 11.7. The van der Waals surface area contributed by atoms with E-state index in [-0.39, 0.29) is 0 Å². The fourth-order valence-electron chi connectivity index (χ4n) is 2.62. The Hall–Kier alpha value is -2.78. The van der Waals surface area contributed by atoms with E-state index >= 15 is 0 Å². The lowest BCUT2D eigenvalue weighted by atomic mass is 10.1. The molecular weight excluding hydrogens is 382 g/mol. The molecule has 0 spiro atoms. The van der Waals surface area contributed by atoms with Crippen molar-refractivity contribution in [2.75, 3.05) is 19.5 Å². The van der Waals surface area contributed by atoms with Crippen molar-refractivity contribution in [2.24, 2.45) is 0 Å². The molecule has 0 aliphatic heterocycles. The van der Waals surface area contributed by atoms with Crippen LogP contribution < -0.4 is 14.8 Å². The second kappa shape index (κ2) is 6.99. The topological polar surface area (TPSA) is 67.2 Å². The molecule has 3 rings (SSSR count). The molecule has 25 heavy (non-hydrogen) atoms. The van der Waals surface area contributed by atoms with E-state index in [1.165, 1.54) is 0 Å². The van der Waals surface area contributed by atoms with Gasteiger partial charge in [-0.1, -0.05) is 22.0 Å². The standard InChI is InChI=1S/C19H16BrN3O2/c1-11-14(20)5-4-6-15(11)23-19-12(9-21)10-22-16-8-18(25-3)17(24-2)7-13(16)19/h4-8,10H,1-3H3,(H,22,23). The number of methoxy groups -OCH3 is 2. The van der Waals surface area contributed by atoms with Crippen molar-refractivity contribution < 1.29 is 9.47 Å². The molecular formula is C19H16BrN3O2. The van der Waals surface area contributed by atoms with Gasteiger partial charge in [-0.05, 0) is 30.7 Å². The number of anilines is 2. The van der Waals surface area contributed by atoms with Crippen molar-refractivity contribution in [3.8, 4) is 17.6 Å². The molecule has 0 amide bonds. The van der Waals surface area contributed by atoms with E-state index in [1.807, 2.05) is 31.2 Å². The lowest BCUT2D eigenvalue weighted by Crippen LogP contribution is -2.00. The maximum absolute atomic E-state index is 9.51. The SMILES string of the molecule is COc1cc2ncc(C#N)c(Nc3cccc(Br)c3C)c2cc1OC. The minimum absolute atomic E-state index is 0.457. The van der Waals surface area contributed by atoms with Crippen LogP contribution in [0.2, 0.25) is 0 Å². The van der Waals surface area contributed by atoms with Crippen LogP contribution in [0.3, 0.4) is 0 Å². The Balaban J connectivity index is 2.24. The van der Waals surface area contributed by atoms with Gasteiger partial charge in [0.1, 0.15) is 6.07 Å². The number of nitriles is 1. The van der Waals surface area contributed by atoms with Crippen molar-refractivity contribution in [1.29, 1.82) is 5.26 Å². The minimum Gasteiger partial charge on any atom is -0.493 e. The van der Waals surface area contributed by atoms with E-state index < -0.39 is 0 Å². The van der Waals surface area contributed by atoms with E-state index in [1.54, 1.807) is 26.5 Å². The van der Waals surface area contributed by atoms with Gasteiger partial charge in [0.15, 0.2) is 11.5 Å². The number of pyridine rings is 1. The molecule has 2 aromatic carbocycles. The summed E-state index contributed by atoms with van der Waals surface area (Å²) in [6.45, 7) is 2.01. The smallest absolute Gasteiger partial charge is 0.162 e. The third-order valence-corrected chi connectivity index (χ3v) is 4.88. The quantitative estimate of drug-likeness (QED) is 0.675. The highest BCUT2D eigenvalue weighted by molar-refractivity contribution is 9.10. The largest absolute Gasteiger partial charge is 0.493 e. The van der Waals surface area contributed by atoms with Crippen LogP contribution in [-0.2, 0) is 0 Å². The first-order valence-corrected chi connectivity index (χ1v) is 8.35. The molecule has 0 atom stereocenters. The zero-order chi connectivity index (χ0) is 18.0. The van der Waals surface area contributed by atoms with Gasteiger partial charge in [-0.3, -0.25) is 4.98 Å². The molecule has 6 heteroatoms. The first-order valence-electron chi connectivity index (χ1n) is 7.56. The van der Waals surface area contributed by atoms with Gasteiger partial charge in [0.05, 0.1) is 31.0 Å². The number of rotatable bonds is 4. The Labute approximate surface area is 154 Å². The van der Waals surface area contributed by atoms with Crippen LogP contribution in [0, 0.1) is 18.3 Å². The fourth-order valence-corrected chi connectivity index (χ4v) is 2.98. The van der Waals surface area contributed by atoms with Gasteiger partial charge in [-0.2, -0.15) is 5.26 Å². The van der Waals surface area contributed by atoms with Crippen LogP contribution in [0.4, 0.5) is 11.4 Å². The Morgan fingerprint density at radius 2 is 1.88 bits per heavy atom. The van der Waals surface area contributed by atoms with Crippen LogP contribution in [0.15, 0.2) is 41.0 Å². The predicted octanol–water partition coefficient (Wildman–Crippen LogP) is 4.94. The summed E-state index contributed by atoms with van der Waals surface area (Å²) in [6.07, 6.45) is 1.56. The summed E-state index contributed by atoms with van der Waals surface area (Å²) in [6, 6.07) is 11.7. The number of benzene rings is 2. The predicted molar refractivity (Wildman–Crippen MR) is 102 cm³/mol. The summed E-state index contributed by atoms with van der Waals surface area (Å²) in [7, 11) is 3.16. The summed E-state index contributed by atoms with van der Waals surface area (Å²) in [5.41, 5.74) is 3.82. The lowest BCUT2D eigenvalue weighted by molar-refractivity contribution is 0.356. The average molecular weight is 398 g/mol. The van der Waals surface area contributed by atoms with Gasteiger partial charge < -0.3 is 14.8 Å². The summed E-state index contributed by atoms with van der Waals surface area (Å²) >= 11 is 3.53. The number of hydrogen-bond donors (Lipinski definition) is 1. The van der Waals surface area contributed by atoms with Gasteiger partial charge in [0.25, 0.3) is 0 Å². The third kappa shape index (κ3) is 3.11. The van der Waals surface area contributed by atoms with Crippen LogP contribution in [0.5, 0.6) is 11.5 Å². The molecule has 126 valence electrons. The van der Waals surface area contributed by atoms with Crippen molar-refractivity contribution in [3.63, 3.8) is 0 Å². The third-order valence-electron chi connectivity index (χ3n) is 4.02. The molecule has 0 unspecified atom stereocenters. The summed E-state index contributed by atoms with van der Waals surface area (Å²) in [5, 5.41) is 13.7. The molecule has 3 aromatic rings. The van der Waals surface area contributed by atoms with Gasteiger partial charge in [-0.15, -0.1) is 0 Å². The van der Waals surface area contributed by atoms with Gasteiger partial charge >= 0.3 is 0 Å². The Kier molecular flexibility index (Phi) is 4.77. The molecule has 0 aliphatic carbocycles. The molecule has 0 bridgehead atoms. The maximum atomic E-state index is 9.51. The first kappa shape index (κ1) is 17.1. The maximum Gasteiger partial charge on any atom is 0.162 e. The normalized spacial score (nSPS) is 10.4. The number of aromatic nitrogens is 1. The van der Waals surface area contributed by atoms with Crippen LogP contribution >= 0.6 is 15.9 Å². The fraction of sp³-hybridized carbons (Fsp3) is 0.158. The number of halogens is 1. The molecule has 1 heterocycles. The molecule has 5 nitrogen and oxygen atoms in total. The van der Waals surface area contributed by atoms with Crippen molar-refractivity contribution in [2.45, 2.75) is 6.92 Å². The van der Waals surface area contributed by atoms with E-state index in [0.717, 1.165) is 21.1 Å². The van der Waals surface area contributed by atoms with Gasteiger partial charge in [0.2, 0.25) is 0 Å². The number of hydrogen-bond acceptors (Lipinski definition) is 5. The van der Waals surface area contributed by atoms with E-state index in [2.05, 4.69) is 32.3 Å². The Morgan fingerprint density at radius 1 is 1.16 bits per heavy atom. The molecule has 1 N–H and O–H groups in total. The highest BCUT2D eigenvalue weighted by Crippen LogP contribution is 2.37. The molecule has 1 aromatic heterocycles. The van der Waals surface area contributed by atoms with Crippen molar-refractivity contribution in [1.82, 2.24) is 4.98 Å². The Morgan fingerprint density at radius 3 is 2.56 bits per heavy atom. The number of nitrogens with one attached hydrogen (secondary N) is 1. The van der Waals surface area contributed by atoms with E-state index in [4.69, 9.17) is 9.47 Å². The molecule has 0 radical (unpaired) electrons. The minimum atomic E-state index is 0.457. The van der Waals surface area contributed by atoms with E-state index in [0.29, 0.717) is 28.3 Å². The number of nitrogens with zero attached hydrogens (tertiary/aromatic N) is 2. The molecule has 0 saturated heterocycles. The lowest BCUT2D eigenvalue weighted by Gasteiger charge is -2.16. The van der Waals surface area contributed by atoms with Crippen LogP contribution in [0.1, 0.15) is 11.1 Å². The Bertz CT molecular complexity index is 996. The summed E-state index contributed by atoms with van der Waals surface area (Å²) in [4.78, 5) is 4.37. The monoisotopic (exact) mass is 397 g/mol. The average Bonchev–Trinajstić information content (AvgIpc) is 2.64. The van der Waals surface area contributed by atoms with Crippen molar-refractivity contribution >= 4 is 38.2 Å². The second-order valence-electron chi connectivity index (χ2n) is 5.42. The first-order chi connectivity index (χ1) is 12.1. The van der Waals surface area contributed by atoms with Crippen molar-refractivity contribution in [3.05, 3.63) is 52.1 Å². The van der Waals surface area contributed by atoms with Crippen LogP contribution in [0.25, 0.3) is 10.9 Å². The molecule has 0 fully saturated rings. The highest BCUT2D eigenvalue weighted by atomic mass is 79.9. The zero-order valence-corrected chi connectivity index (χ0v) is 15.6. The molecule has 0 saturated carbocycles. The highest BCUT2D eigenvalue weighted by Gasteiger charge is 2.15. The number of fused-ring (bicyclic) bond motifs is 1. The molecule has 0 aliphatic rings.